The number of nitrogens with zero attached hydrogens (tertiary/aromatic N) is 4. The van der Waals surface area contributed by atoms with Gasteiger partial charge in [0, 0.05) is 17.6 Å². The first-order valence-corrected chi connectivity index (χ1v) is 9.52. The molecule has 0 aliphatic carbocycles. The summed E-state index contributed by atoms with van der Waals surface area (Å²) in [5.74, 6) is -0.227. The molecule has 4 rings (SSSR count). The standard InChI is InChI=1S/C20H19N5OS/c1-12(2)25-18-15(11-22-25)9-16(10-21-18)19(26)24-20-23-13(3)17(27-20)14-7-5-4-6-8-14/h4-12H,1-3H3,(H,23,24,26). The number of aryl methyl sites for hydroxylation is 1. The van der Waals surface area contributed by atoms with Crippen LogP contribution < -0.4 is 5.32 Å². The van der Waals surface area contributed by atoms with E-state index in [2.05, 4.69) is 20.4 Å². The van der Waals surface area contributed by atoms with Crippen LogP contribution in [0.3, 0.4) is 0 Å². The lowest BCUT2D eigenvalue weighted by molar-refractivity contribution is 0.102. The quantitative estimate of drug-likeness (QED) is 0.560. The zero-order chi connectivity index (χ0) is 19.0. The molecule has 0 saturated heterocycles. The van der Waals surface area contributed by atoms with Crippen molar-refractivity contribution in [1.82, 2.24) is 19.7 Å². The summed E-state index contributed by atoms with van der Waals surface area (Å²) in [4.78, 5) is 22.6. The molecule has 27 heavy (non-hydrogen) atoms. The normalized spacial score (nSPS) is 11.3. The van der Waals surface area contributed by atoms with Gasteiger partial charge in [0.2, 0.25) is 0 Å². The molecule has 0 fully saturated rings. The van der Waals surface area contributed by atoms with Gasteiger partial charge in [-0.3, -0.25) is 10.1 Å². The average molecular weight is 377 g/mol. The van der Waals surface area contributed by atoms with Crippen molar-refractivity contribution in [3.63, 3.8) is 0 Å². The maximum atomic E-state index is 12.6. The lowest BCUT2D eigenvalue weighted by atomic mass is 10.2. The third kappa shape index (κ3) is 3.33. The molecule has 1 amide bonds. The van der Waals surface area contributed by atoms with Crippen LogP contribution in [0.15, 0.2) is 48.8 Å². The monoisotopic (exact) mass is 377 g/mol. The number of pyridine rings is 1. The minimum absolute atomic E-state index is 0.212. The number of amides is 1. The van der Waals surface area contributed by atoms with Crippen LogP contribution in [0, 0.1) is 6.92 Å². The number of benzene rings is 1. The summed E-state index contributed by atoms with van der Waals surface area (Å²) in [5, 5.41) is 8.65. The number of carbonyl (C=O) groups excluding carboxylic acids is 1. The highest BCUT2D eigenvalue weighted by atomic mass is 32.1. The van der Waals surface area contributed by atoms with Gasteiger partial charge in [0.15, 0.2) is 10.8 Å². The second kappa shape index (κ2) is 6.92. The van der Waals surface area contributed by atoms with Crippen LogP contribution in [0.4, 0.5) is 5.13 Å². The molecule has 0 unspecified atom stereocenters. The Morgan fingerprint density at radius 1 is 1.19 bits per heavy atom. The molecule has 0 spiro atoms. The molecule has 7 heteroatoms. The number of thiazole rings is 1. The number of rotatable bonds is 4. The van der Waals surface area contributed by atoms with Gasteiger partial charge in [0.25, 0.3) is 5.91 Å². The lowest BCUT2D eigenvalue weighted by Crippen LogP contribution is -2.12. The van der Waals surface area contributed by atoms with E-state index in [1.807, 2.05) is 61.9 Å². The van der Waals surface area contributed by atoms with Crippen LogP contribution in [0.1, 0.15) is 35.9 Å². The molecule has 1 N–H and O–H groups in total. The summed E-state index contributed by atoms with van der Waals surface area (Å²) in [6.07, 6.45) is 3.32. The fraction of sp³-hybridized carbons (Fsp3) is 0.200. The zero-order valence-electron chi connectivity index (χ0n) is 15.3. The van der Waals surface area contributed by atoms with Crippen molar-refractivity contribution in [3.8, 4) is 10.4 Å². The van der Waals surface area contributed by atoms with Gasteiger partial charge in [-0.25, -0.2) is 14.6 Å². The molecule has 0 aliphatic rings. The Kier molecular flexibility index (Phi) is 4.45. The summed E-state index contributed by atoms with van der Waals surface area (Å²) < 4.78 is 1.84. The van der Waals surface area contributed by atoms with Crippen LogP contribution in [0.25, 0.3) is 21.5 Å². The van der Waals surface area contributed by atoms with Crippen LogP contribution in [0.2, 0.25) is 0 Å². The van der Waals surface area contributed by atoms with E-state index in [-0.39, 0.29) is 11.9 Å². The van der Waals surface area contributed by atoms with Gasteiger partial charge in [-0.2, -0.15) is 5.10 Å². The fourth-order valence-electron chi connectivity index (χ4n) is 2.92. The lowest BCUT2D eigenvalue weighted by Gasteiger charge is -2.06. The number of aromatic nitrogens is 4. The molecule has 0 bridgehead atoms. The smallest absolute Gasteiger partial charge is 0.259 e. The van der Waals surface area contributed by atoms with Crippen molar-refractivity contribution in [2.45, 2.75) is 26.8 Å². The van der Waals surface area contributed by atoms with E-state index < -0.39 is 0 Å². The minimum atomic E-state index is -0.227. The van der Waals surface area contributed by atoms with E-state index in [1.165, 1.54) is 11.3 Å². The maximum Gasteiger partial charge on any atom is 0.259 e. The Morgan fingerprint density at radius 2 is 1.96 bits per heavy atom. The SMILES string of the molecule is Cc1nc(NC(=O)c2cnc3c(cnn3C(C)C)c2)sc1-c1ccccc1. The van der Waals surface area contributed by atoms with Gasteiger partial charge >= 0.3 is 0 Å². The van der Waals surface area contributed by atoms with E-state index in [0.29, 0.717) is 10.7 Å². The third-order valence-electron chi connectivity index (χ3n) is 4.24. The van der Waals surface area contributed by atoms with Crippen molar-refractivity contribution in [2.24, 2.45) is 0 Å². The van der Waals surface area contributed by atoms with E-state index in [9.17, 15) is 4.79 Å². The predicted molar refractivity (Wildman–Crippen MR) is 108 cm³/mol. The van der Waals surface area contributed by atoms with Crippen molar-refractivity contribution >= 4 is 33.4 Å². The molecule has 3 aromatic heterocycles. The van der Waals surface area contributed by atoms with Crippen LogP contribution in [-0.2, 0) is 0 Å². The maximum absolute atomic E-state index is 12.6. The highest BCUT2D eigenvalue weighted by molar-refractivity contribution is 7.19. The number of anilines is 1. The Morgan fingerprint density at radius 3 is 2.70 bits per heavy atom. The molecule has 0 saturated carbocycles. The molecular weight excluding hydrogens is 358 g/mol. The first-order valence-electron chi connectivity index (χ1n) is 8.70. The van der Waals surface area contributed by atoms with E-state index in [1.54, 1.807) is 12.4 Å². The predicted octanol–water partition coefficient (Wildman–Crippen LogP) is 4.70. The molecule has 3 heterocycles. The molecule has 6 nitrogen and oxygen atoms in total. The minimum Gasteiger partial charge on any atom is -0.298 e. The number of carbonyl (C=O) groups is 1. The van der Waals surface area contributed by atoms with Gasteiger partial charge in [-0.15, -0.1) is 0 Å². The van der Waals surface area contributed by atoms with Crippen LogP contribution >= 0.6 is 11.3 Å². The molecular formula is C20H19N5OS. The van der Waals surface area contributed by atoms with E-state index in [0.717, 1.165) is 27.2 Å². The number of nitrogens with one attached hydrogen (secondary N) is 1. The van der Waals surface area contributed by atoms with Gasteiger partial charge in [0.1, 0.15) is 0 Å². The van der Waals surface area contributed by atoms with Gasteiger partial charge < -0.3 is 0 Å². The van der Waals surface area contributed by atoms with Crippen molar-refractivity contribution in [2.75, 3.05) is 5.32 Å². The van der Waals surface area contributed by atoms with Gasteiger partial charge in [-0.05, 0) is 32.4 Å². The van der Waals surface area contributed by atoms with Crippen LogP contribution in [-0.4, -0.2) is 25.7 Å². The number of hydrogen-bond acceptors (Lipinski definition) is 5. The summed E-state index contributed by atoms with van der Waals surface area (Å²) >= 11 is 1.47. The van der Waals surface area contributed by atoms with Crippen molar-refractivity contribution < 1.29 is 4.79 Å². The second-order valence-electron chi connectivity index (χ2n) is 6.57. The second-order valence-corrected chi connectivity index (χ2v) is 7.57. The Hall–Kier alpha value is -3.06. The van der Waals surface area contributed by atoms with Gasteiger partial charge in [0.05, 0.1) is 22.3 Å². The highest BCUT2D eigenvalue weighted by Crippen LogP contribution is 2.32. The summed E-state index contributed by atoms with van der Waals surface area (Å²) in [5.41, 5.74) is 3.25. The average Bonchev–Trinajstić information content (AvgIpc) is 3.25. The largest absolute Gasteiger partial charge is 0.298 e. The topological polar surface area (TPSA) is 72.7 Å². The van der Waals surface area contributed by atoms with Gasteiger partial charge in [-0.1, -0.05) is 41.7 Å². The summed E-state index contributed by atoms with van der Waals surface area (Å²) in [6, 6.07) is 12.1. The first-order chi connectivity index (χ1) is 13.0. The van der Waals surface area contributed by atoms with Crippen LogP contribution in [0.5, 0.6) is 0 Å². The summed E-state index contributed by atoms with van der Waals surface area (Å²) in [7, 11) is 0. The Balaban J connectivity index is 1.58. The molecule has 136 valence electrons. The first kappa shape index (κ1) is 17.4. The molecule has 0 radical (unpaired) electrons. The highest BCUT2D eigenvalue weighted by Gasteiger charge is 2.15. The number of fused-ring (bicyclic) bond motifs is 1. The van der Waals surface area contributed by atoms with Crippen molar-refractivity contribution in [1.29, 1.82) is 0 Å². The zero-order valence-corrected chi connectivity index (χ0v) is 16.1. The van der Waals surface area contributed by atoms with Crippen molar-refractivity contribution in [3.05, 3.63) is 60.0 Å². The number of hydrogen-bond donors (Lipinski definition) is 1. The molecule has 0 aliphatic heterocycles. The molecule has 4 aromatic rings. The molecule has 0 atom stereocenters. The Labute approximate surface area is 160 Å². The molecule has 1 aromatic carbocycles. The fourth-order valence-corrected chi connectivity index (χ4v) is 3.89. The third-order valence-corrected chi connectivity index (χ3v) is 5.36. The van der Waals surface area contributed by atoms with E-state index in [4.69, 9.17) is 0 Å². The Bertz CT molecular complexity index is 1110. The summed E-state index contributed by atoms with van der Waals surface area (Å²) in [6.45, 7) is 6.04. The van der Waals surface area contributed by atoms with E-state index >= 15 is 0 Å².